The second-order valence-corrected chi connectivity index (χ2v) is 5.20. The van der Waals surface area contributed by atoms with Crippen LogP contribution in [0.2, 0.25) is 0 Å². The molecule has 0 amide bonds. The number of nitrogens with zero attached hydrogens (tertiary/aromatic N) is 1. The summed E-state index contributed by atoms with van der Waals surface area (Å²) < 4.78 is 32.2. The summed E-state index contributed by atoms with van der Waals surface area (Å²) in [6.45, 7) is 2.06. The Bertz CT molecular complexity index is 488. The molecular formula is C15H19F2NO3. The van der Waals surface area contributed by atoms with Gasteiger partial charge in [0.15, 0.2) is 11.6 Å². The number of likely N-dealkylation sites (tertiary alicyclic amines) is 1. The molecule has 0 aromatic heterocycles. The minimum atomic E-state index is -0.867. The quantitative estimate of drug-likeness (QED) is 0.876. The molecule has 116 valence electrons. The highest BCUT2D eigenvalue weighted by Crippen LogP contribution is 2.19. The lowest BCUT2D eigenvalue weighted by atomic mass is 10.1. The zero-order valence-electron chi connectivity index (χ0n) is 11.7. The molecule has 1 heterocycles. The molecule has 1 aliphatic heterocycles. The van der Waals surface area contributed by atoms with Crippen molar-refractivity contribution < 1.29 is 23.4 Å². The monoisotopic (exact) mass is 299 g/mol. The van der Waals surface area contributed by atoms with E-state index in [1.54, 1.807) is 6.07 Å². The van der Waals surface area contributed by atoms with E-state index >= 15 is 0 Å². The summed E-state index contributed by atoms with van der Waals surface area (Å²) in [4.78, 5) is 12.5. The highest BCUT2D eigenvalue weighted by molar-refractivity contribution is 5.66. The summed E-state index contributed by atoms with van der Waals surface area (Å²) in [6.07, 6.45) is 1.61. The van der Waals surface area contributed by atoms with E-state index < -0.39 is 17.6 Å². The molecule has 0 aliphatic carbocycles. The molecule has 1 saturated heterocycles. The predicted octanol–water partition coefficient (Wildman–Crippen LogP) is 2.42. The molecule has 0 unspecified atom stereocenters. The van der Waals surface area contributed by atoms with Crippen LogP contribution >= 0.6 is 0 Å². The minimum absolute atomic E-state index is 0.00865. The van der Waals surface area contributed by atoms with Crippen LogP contribution in [0.1, 0.15) is 24.8 Å². The smallest absolute Gasteiger partial charge is 0.305 e. The summed E-state index contributed by atoms with van der Waals surface area (Å²) in [5.74, 6) is -2.47. The Labute approximate surface area is 122 Å². The lowest BCUT2D eigenvalue weighted by molar-refractivity contribution is -0.138. The Morgan fingerprint density at radius 1 is 1.33 bits per heavy atom. The van der Waals surface area contributed by atoms with Gasteiger partial charge in [0.05, 0.1) is 19.1 Å². The van der Waals surface area contributed by atoms with E-state index in [1.807, 2.05) is 0 Å². The molecule has 1 aromatic rings. The van der Waals surface area contributed by atoms with Gasteiger partial charge in [-0.15, -0.1) is 0 Å². The van der Waals surface area contributed by atoms with Gasteiger partial charge < -0.3 is 9.84 Å². The SMILES string of the molecule is O=C(O)CCOC1CCN(Cc2cccc(F)c2F)CC1. The van der Waals surface area contributed by atoms with Crippen molar-refractivity contribution in [3.63, 3.8) is 0 Å². The van der Waals surface area contributed by atoms with Gasteiger partial charge in [0, 0.05) is 25.2 Å². The van der Waals surface area contributed by atoms with Crippen molar-refractivity contribution in [3.05, 3.63) is 35.4 Å². The fraction of sp³-hybridized carbons (Fsp3) is 0.533. The molecule has 1 aliphatic rings. The van der Waals surface area contributed by atoms with Crippen LogP contribution in [0, 0.1) is 11.6 Å². The fourth-order valence-corrected chi connectivity index (χ4v) is 2.46. The lowest BCUT2D eigenvalue weighted by Gasteiger charge is -2.31. The van der Waals surface area contributed by atoms with Crippen molar-refractivity contribution in [2.75, 3.05) is 19.7 Å². The Morgan fingerprint density at radius 2 is 2.05 bits per heavy atom. The second kappa shape index (κ2) is 7.47. The average Bonchev–Trinajstić information content (AvgIpc) is 2.45. The zero-order chi connectivity index (χ0) is 15.2. The number of rotatable bonds is 6. The Morgan fingerprint density at radius 3 is 2.71 bits per heavy atom. The van der Waals surface area contributed by atoms with Crippen molar-refractivity contribution in [1.82, 2.24) is 4.90 Å². The van der Waals surface area contributed by atoms with Crippen LogP contribution in [-0.2, 0) is 16.1 Å². The first-order valence-electron chi connectivity index (χ1n) is 7.05. The molecule has 0 atom stereocenters. The average molecular weight is 299 g/mol. The van der Waals surface area contributed by atoms with Gasteiger partial charge in [-0.3, -0.25) is 9.69 Å². The molecule has 4 nitrogen and oxygen atoms in total. The number of ether oxygens (including phenoxy) is 1. The van der Waals surface area contributed by atoms with E-state index in [0.29, 0.717) is 12.1 Å². The number of hydrogen-bond donors (Lipinski definition) is 1. The standard InChI is InChI=1S/C15H19F2NO3/c16-13-3-1-2-11(15(13)17)10-18-7-4-12(5-8-18)21-9-6-14(19)20/h1-3,12H,4-10H2,(H,19,20). The maximum Gasteiger partial charge on any atom is 0.305 e. The Balaban J connectivity index is 1.76. The van der Waals surface area contributed by atoms with Crippen LogP contribution in [0.5, 0.6) is 0 Å². The fourth-order valence-electron chi connectivity index (χ4n) is 2.46. The number of carbonyl (C=O) groups is 1. The van der Waals surface area contributed by atoms with Crippen LogP contribution < -0.4 is 0 Å². The number of benzene rings is 1. The van der Waals surface area contributed by atoms with Gasteiger partial charge in [0.1, 0.15) is 0 Å². The molecule has 0 saturated carbocycles. The van der Waals surface area contributed by atoms with Crippen molar-refractivity contribution in [2.45, 2.75) is 31.9 Å². The maximum absolute atomic E-state index is 13.6. The zero-order valence-corrected chi connectivity index (χ0v) is 11.7. The third kappa shape index (κ3) is 4.75. The van der Waals surface area contributed by atoms with Gasteiger partial charge in [-0.05, 0) is 18.9 Å². The molecule has 1 fully saturated rings. The number of aliphatic carboxylic acids is 1. The van der Waals surface area contributed by atoms with Gasteiger partial charge in [0.2, 0.25) is 0 Å². The van der Waals surface area contributed by atoms with Crippen molar-refractivity contribution >= 4 is 5.97 Å². The van der Waals surface area contributed by atoms with Gasteiger partial charge in [-0.2, -0.15) is 0 Å². The first-order chi connectivity index (χ1) is 10.1. The topological polar surface area (TPSA) is 49.8 Å². The van der Waals surface area contributed by atoms with E-state index in [2.05, 4.69) is 4.90 Å². The first-order valence-corrected chi connectivity index (χ1v) is 7.05. The number of carboxylic acid groups (broad SMARTS) is 1. The molecule has 0 spiro atoms. The Hall–Kier alpha value is -1.53. The van der Waals surface area contributed by atoms with Gasteiger partial charge >= 0.3 is 5.97 Å². The predicted molar refractivity (Wildman–Crippen MR) is 72.9 cm³/mol. The van der Waals surface area contributed by atoms with Crippen LogP contribution in [0.15, 0.2) is 18.2 Å². The molecule has 21 heavy (non-hydrogen) atoms. The number of hydrogen-bond acceptors (Lipinski definition) is 3. The summed E-state index contributed by atoms with van der Waals surface area (Å²) in [6, 6.07) is 4.21. The lowest BCUT2D eigenvalue weighted by Crippen LogP contribution is -2.37. The Kier molecular flexibility index (Phi) is 5.64. The van der Waals surface area contributed by atoms with E-state index in [1.165, 1.54) is 6.07 Å². The summed E-state index contributed by atoms with van der Waals surface area (Å²) in [7, 11) is 0. The number of carboxylic acids is 1. The van der Waals surface area contributed by atoms with Crippen LogP contribution in [0.3, 0.4) is 0 Å². The maximum atomic E-state index is 13.6. The number of piperidine rings is 1. The normalized spacial score (nSPS) is 17.0. The summed E-state index contributed by atoms with van der Waals surface area (Å²) >= 11 is 0. The van der Waals surface area contributed by atoms with Gasteiger partial charge in [-0.25, -0.2) is 8.78 Å². The van der Waals surface area contributed by atoms with E-state index in [0.717, 1.165) is 32.0 Å². The minimum Gasteiger partial charge on any atom is -0.481 e. The third-order valence-corrected chi connectivity index (χ3v) is 3.63. The highest BCUT2D eigenvalue weighted by Gasteiger charge is 2.21. The molecule has 2 rings (SSSR count). The van der Waals surface area contributed by atoms with Gasteiger partial charge in [0.25, 0.3) is 0 Å². The van der Waals surface area contributed by atoms with E-state index in [4.69, 9.17) is 9.84 Å². The van der Waals surface area contributed by atoms with Gasteiger partial charge in [-0.1, -0.05) is 12.1 Å². The summed E-state index contributed by atoms with van der Waals surface area (Å²) in [5, 5.41) is 8.54. The van der Waals surface area contributed by atoms with Crippen LogP contribution in [-0.4, -0.2) is 41.8 Å². The second-order valence-electron chi connectivity index (χ2n) is 5.20. The van der Waals surface area contributed by atoms with E-state index in [9.17, 15) is 13.6 Å². The molecular weight excluding hydrogens is 280 g/mol. The molecule has 1 N–H and O–H groups in total. The van der Waals surface area contributed by atoms with Crippen LogP contribution in [0.4, 0.5) is 8.78 Å². The molecule has 1 aromatic carbocycles. The largest absolute Gasteiger partial charge is 0.481 e. The number of halogens is 2. The molecule has 0 radical (unpaired) electrons. The first kappa shape index (κ1) is 15.9. The van der Waals surface area contributed by atoms with Crippen LogP contribution in [0.25, 0.3) is 0 Å². The van der Waals surface area contributed by atoms with Crippen molar-refractivity contribution in [3.8, 4) is 0 Å². The highest BCUT2D eigenvalue weighted by atomic mass is 19.2. The molecule has 6 heteroatoms. The molecule has 0 bridgehead atoms. The van der Waals surface area contributed by atoms with E-state index in [-0.39, 0.29) is 19.1 Å². The summed E-state index contributed by atoms with van der Waals surface area (Å²) in [5.41, 5.74) is 0.361. The van der Waals surface area contributed by atoms with Crippen molar-refractivity contribution in [1.29, 1.82) is 0 Å². The van der Waals surface area contributed by atoms with Crippen molar-refractivity contribution in [2.24, 2.45) is 0 Å². The third-order valence-electron chi connectivity index (χ3n) is 3.63.